The van der Waals surface area contributed by atoms with Gasteiger partial charge in [0.15, 0.2) is 0 Å². The van der Waals surface area contributed by atoms with Crippen LogP contribution in [0.3, 0.4) is 0 Å². The van der Waals surface area contributed by atoms with Crippen LogP contribution in [0.5, 0.6) is 0 Å². The van der Waals surface area contributed by atoms with Crippen LogP contribution in [0.2, 0.25) is 0 Å². The van der Waals surface area contributed by atoms with Crippen LogP contribution in [0.25, 0.3) is 0 Å². The Morgan fingerprint density at radius 1 is 1.71 bits per heavy atom. The van der Waals surface area contributed by atoms with Crippen LogP contribution in [0.1, 0.15) is 17.3 Å². The van der Waals surface area contributed by atoms with Gasteiger partial charge in [0.2, 0.25) is 0 Å². The Morgan fingerprint density at radius 2 is 2.43 bits per heavy atom. The standard InChI is InChI=1S/C12H16N4O5/c1-7-6-21-8(5-17)4-15(7)12(18)9-2-11(13)14-3-10(9)16(19)20/h2-3,7-8,17H,4-6H2,1H3,(H2,13,14). The molecule has 9 nitrogen and oxygen atoms in total. The maximum atomic E-state index is 12.6. The first-order chi connectivity index (χ1) is 9.93. The fraction of sp³-hybridized carbons (Fsp3) is 0.500. The van der Waals surface area contributed by atoms with E-state index in [1.54, 1.807) is 6.92 Å². The monoisotopic (exact) mass is 296 g/mol. The fourth-order valence-electron chi connectivity index (χ4n) is 2.15. The molecule has 1 amide bonds. The second-order valence-corrected chi connectivity index (χ2v) is 4.83. The number of rotatable bonds is 3. The van der Waals surface area contributed by atoms with E-state index < -0.39 is 22.6 Å². The van der Waals surface area contributed by atoms with E-state index in [0.29, 0.717) is 0 Å². The van der Waals surface area contributed by atoms with Crippen LogP contribution >= 0.6 is 0 Å². The molecule has 0 bridgehead atoms. The maximum absolute atomic E-state index is 12.6. The number of nitrogens with two attached hydrogens (primary N) is 1. The number of carbonyl (C=O) groups excluding carboxylic acids is 1. The second-order valence-electron chi connectivity index (χ2n) is 4.83. The topological polar surface area (TPSA) is 132 Å². The summed E-state index contributed by atoms with van der Waals surface area (Å²) in [7, 11) is 0. The molecule has 2 heterocycles. The number of aromatic nitrogens is 1. The van der Waals surface area contributed by atoms with Gasteiger partial charge in [0.05, 0.1) is 30.3 Å². The quantitative estimate of drug-likeness (QED) is 0.582. The Bertz CT molecular complexity index is 565. The lowest BCUT2D eigenvalue weighted by Gasteiger charge is -2.37. The third-order valence-corrected chi connectivity index (χ3v) is 3.30. The van der Waals surface area contributed by atoms with Gasteiger partial charge in [-0.25, -0.2) is 4.98 Å². The van der Waals surface area contributed by atoms with Gasteiger partial charge in [0, 0.05) is 6.54 Å². The first-order valence-electron chi connectivity index (χ1n) is 6.37. The van der Waals surface area contributed by atoms with Crippen LogP contribution in [0.4, 0.5) is 11.5 Å². The Hall–Kier alpha value is -2.26. The molecule has 3 N–H and O–H groups in total. The Labute approximate surface area is 120 Å². The van der Waals surface area contributed by atoms with Crippen LogP contribution in [-0.4, -0.2) is 57.7 Å². The highest BCUT2D eigenvalue weighted by Gasteiger charge is 2.33. The molecule has 1 aromatic rings. The number of nitro groups is 1. The van der Waals surface area contributed by atoms with Crippen molar-refractivity contribution in [2.75, 3.05) is 25.5 Å². The van der Waals surface area contributed by atoms with Gasteiger partial charge in [-0.2, -0.15) is 0 Å². The number of aliphatic hydroxyl groups is 1. The number of pyridine rings is 1. The number of hydrogen-bond acceptors (Lipinski definition) is 7. The van der Waals surface area contributed by atoms with Gasteiger partial charge in [-0.3, -0.25) is 14.9 Å². The molecule has 2 atom stereocenters. The van der Waals surface area contributed by atoms with Crippen molar-refractivity contribution >= 4 is 17.4 Å². The Balaban J connectivity index is 2.34. The van der Waals surface area contributed by atoms with E-state index in [-0.39, 0.29) is 37.2 Å². The maximum Gasteiger partial charge on any atom is 0.300 e. The van der Waals surface area contributed by atoms with E-state index in [4.69, 9.17) is 15.6 Å². The van der Waals surface area contributed by atoms with Crippen molar-refractivity contribution in [2.45, 2.75) is 19.1 Å². The van der Waals surface area contributed by atoms with Crippen LogP contribution in [-0.2, 0) is 4.74 Å². The zero-order valence-electron chi connectivity index (χ0n) is 11.4. The zero-order chi connectivity index (χ0) is 15.6. The van der Waals surface area contributed by atoms with E-state index in [9.17, 15) is 14.9 Å². The predicted molar refractivity (Wildman–Crippen MR) is 72.6 cm³/mol. The number of hydrogen-bond donors (Lipinski definition) is 2. The van der Waals surface area contributed by atoms with Gasteiger partial charge in [0.25, 0.3) is 11.6 Å². The highest BCUT2D eigenvalue weighted by atomic mass is 16.6. The summed E-state index contributed by atoms with van der Waals surface area (Å²) in [5.41, 5.74) is 5.01. The molecule has 9 heteroatoms. The summed E-state index contributed by atoms with van der Waals surface area (Å²) in [6, 6.07) is 0.936. The average Bonchev–Trinajstić information content (AvgIpc) is 2.46. The molecule has 2 rings (SSSR count). The van der Waals surface area contributed by atoms with Crippen molar-refractivity contribution in [1.29, 1.82) is 0 Å². The van der Waals surface area contributed by atoms with Gasteiger partial charge in [-0.05, 0) is 13.0 Å². The van der Waals surface area contributed by atoms with Crippen molar-refractivity contribution in [1.82, 2.24) is 9.88 Å². The van der Waals surface area contributed by atoms with Crippen molar-refractivity contribution in [3.05, 3.63) is 27.9 Å². The lowest BCUT2D eigenvalue weighted by atomic mass is 10.1. The molecule has 0 aromatic carbocycles. The number of nitrogen functional groups attached to an aromatic ring is 1. The summed E-state index contributed by atoms with van der Waals surface area (Å²) in [6.45, 7) is 1.96. The van der Waals surface area contributed by atoms with Crippen molar-refractivity contribution in [3.8, 4) is 0 Å². The summed E-state index contributed by atoms with van der Waals surface area (Å²) in [4.78, 5) is 28.0. The molecular weight excluding hydrogens is 280 g/mol. The largest absolute Gasteiger partial charge is 0.394 e. The third-order valence-electron chi connectivity index (χ3n) is 3.30. The van der Waals surface area contributed by atoms with Gasteiger partial charge >= 0.3 is 0 Å². The molecule has 0 radical (unpaired) electrons. The summed E-state index contributed by atoms with van der Waals surface area (Å²) < 4.78 is 5.34. The second kappa shape index (κ2) is 6.02. The minimum atomic E-state index is -0.672. The molecule has 1 aliphatic heterocycles. The van der Waals surface area contributed by atoms with Crippen molar-refractivity contribution in [3.63, 3.8) is 0 Å². The number of nitrogens with zero attached hydrogens (tertiary/aromatic N) is 3. The summed E-state index contributed by atoms with van der Waals surface area (Å²) in [5.74, 6) is -0.492. The molecule has 1 aliphatic rings. The molecule has 1 saturated heterocycles. The lowest BCUT2D eigenvalue weighted by Crippen LogP contribution is -2.52. The smallest absolute Gasteiger partial charge is 0.300 e. The molecule has 0 saturated carbocycles. The summed E-state index contributed by atoms with van der Waals surface area (Å²) in [6.07, 6.45) is 0.473. The van der Waals surface area contributed by atoms with Gasteiger partial charge in [-0.15, -0.1) is 0 Å². The van der Waals surface area contributed by atoms with Crippen LogP contribution < -0.4 is 5.73 Å². The molecule has 114 valence electrons. The van der Waals surface area contributed by atoms with Crippen LogP contribution in [0, 0.1) is 10.1 Å². The molecule has 2 unspecified atom stereocenters. The average molecular weight is 296 g/mol. The molecule has 0 spiro atoms. The number of anilines is 1. The first-order valence-corrected chi connectivity index (χ1v) is 6.37. The fourth-order valence-corrected chi connectivity index (χ4v) is 2.15. The van der Waals surface area contributed by atoms with Crippen molar-refractivity contribution < 1.29 is 19.6 Å². The van der Waals surface area contributed by atoms with Crippen molar-refractivity contribution in [2.24, 2.45) is 0 Å². The number of carbonyl (C=O) groups is 1. The Morgan fingerprint density at radius 3 is 3.05 bits per heavy atom. The molecule has 1 fully saturated rings. The SMILES string of the molecule is CC1COC(CO)CN1C(=O)c1cc(N)ncc1[N+](=O)[O-]. The number of morpholine rings is 1. The number of aliphatic hydroxyl groups excluding tert-OH is 1. The number of ether oxygens (including phenoxy) is 1. The first kappa shape index (κ1) is 15.1. The Kier molecular flexibility index (Phi) is 4.34. The molecule has 1 aromatic heterocycles. The molecular formula is C12H16N4O5. The zero-order valence-corrected chi connectivity index (χ0v) is 11.4. The van der Waals surface area contributed by atoms with Gasteiger partial charge in [0.1, 0.15) is 17.6 Å². The minimum absolute atomic E-state index is 0.0311. The van der Waals surface area contributed by atoms with Gasteiger partial charge < -0.3 is 20.5 Å². The lowest BCUT2D eigenvalue weighted by molar-refractivity contribution is -0.385. The minimum Gasteiger partial charge on any atom is -0.394 e. The van der Waals surface area contributed by atoms with Gasteiger partial charge in [-0.1, -0.05) is 0 Å². The summed E-state index contributed by atoms with van der Waals surface area (Å²) in [5, 5.41) is 20.1. The highest BCUT2D eigenvalue weighted by molar-refractivity contribution is 5.98. The molecule has 21 heavy (non-hydrogen) atoms. The van der Waals surface area contributed by atoms with Crippen LogP contribution in [0.15, 0.2) is 12.3 Å². The van der Waals surface area contributed by atoms with E-state index in [1.165, 1.54) is 11.0 Å². The van der Waals surface area contributed by atoms with E-state index in [2.05, 4.69) is 4.98 Å². The predicted octanol–water partition coefficient (Wildman–Crippen LogP) is -0.206. The third kappa shape index (κ3) is 3.09. The number of amides is 1. The van der Waals surface area contributed by atoms with E-state index >= 15 is 0 Å². The van der Waals surface area contributed by atoms with E-state index in [1.807, 2.05) is 0 Å². The van der Waals surface area contributed by atoms with E-state index in [0.717, 1.165) is 6.20 Å². The highest BCUT2D eigenvalue weighted by Crippen LogP contribution is 2.23. The normalized spacial score (nSPS) is 22.1. The molecule has 0 aliphatic carbocycles. The summed E-state index contributed by atoms with van der Waals surface area (Å²) >= 11 is 0.